The molecule has 0 saturated carbocycles. The van der Waals surface area contributed by atoms with Crippen LogP contribution >= 0.6 is 0 Å². The van der Waals surface area contributed by atoms with E-state index in [1.54, 1.807) is 102 Å². The molecule has 0 spiro atoms. The Bertz CT molecular complexity index is 1800. The number of hydrogen-bond donors (Lipinski definition) is 0. The van der Waals surface area contributed by atoms with Gasteiger partial charge < -0.3 is 38.2 Å². The number of amides is 2. The Kier molecular flexibility index (Phi) is 18.9. The molecule has 0 unspecified atom stereocenters. The number of carbonyl (C=O) groups excluding carboxylic acids is 6. The first-order chi connectivity index (χ1) is 29.2. The molecule has 2 saturated heterocycles. The summed E-state index contributed by atoms with van der Waals surface area (Å²) in [5.74, 6) is -3.35. The molecule has 2 amide bonds. The third-order valence-corrected chi connectivity index (χ3v) is 9.19. The summed E-state index contributed by atoms with van der Waals surface area (Å²) in [6, 6.07) is 17.0. The Hall–Kier alpha value is -6.52. The average Bonchev–Trinajstić information content (AvgIpc) is 3.20. The molecule has 2 aromatic rings. The summed E-state index contributed by atoms with van der Waals surface area (Å²) < 4.78 is 32.6. The first kappa shape index (κ1) is 49.8. The van der Waals surface area contributed by atoms with Crippen LogP contribution in [-0.2, 0) is 47.6 Å². The smallest absolute Gasteiger partial charge is 0.410 e. The van der Waals surface area contributed by atoms with Crippen LogP contribution in [0.15, 0.2) is 70.9 Å². The molecule has 20 heteroatoms. The highest BCUT2D eigenvalue weighted by Gasteiger charge is 2.39. The fraction of sp³-hybridized carbons (Fsp3) is 0.571. The molecule has 0 aliphatic carbocycles. The van der Waals surface area contributed by atoms with Gasteiger partial charge in [-0.05, 0) is 65.4 Å². The van der Waals surface area contributed by atoms with Gasteiger partial charge in [-0.1, -0.05) is 70.9 Å². The van der Waals surface area contributed by atoms with E-state index in [1.807, 2.05) is 0 Å². The van der Waals surface area contributed by atoms with Crippen molar-refractivity contribution in [2.24, 2.45) is 22.1 Å². The highest BCUT2D eigenvalue weighted by atomic mass is 16.6. The van der Waals surface area contributed by atoms with Crippen molar-refractivity contribution in [1.29, 1.82) is 0 Å². The zero-order valence-electron chi connectivity index (χ0n) is 36.4. The number of ether oxygens (including phenoxy) is 6. The Morgan fingerprint density at radius 3 is 1.26 bits per heavy atom. The molecule has 0 bridgehead atoms. The zero-order chi connectivity index (χ0) is 46.0. The van der Waals surface area contributed by atoms with Crippen LogP contribution in [0.25, 0.3) is 20.9 Å². The maximum Gasteiger partial charge on any atom is 0.410 e. The lowest BCUT2D eigenvalue weighted by atomic mass is 9.94. The first-order valence-corrected chi connectivity index (χ1v) is 20.0. The largest absolute Gasteiger partial charge is 0.457 e. The van der Waals surface area contributed by atoms with Gasteiger partial charge in [0.25, 0.3) is 0 Å². The van der Waals surface area contributed by atoms with E-state index < -0.39 is 71.7 Å². The predicted octanol–water partition coefficient (Wildman–Crippen LogP) is 7.54. The normalized spacial score (nSPS) is 19.5. The highest BCUT2D eigenvalue weighted by molar-refractivity contribution is 5.81. The van der Waals surface area contributed by atoms with E-state index in [1.165, 1.54) is 23.6 Å². The Balaban J connectivity index is 0.000000330. The second-order valence-corrected chi connectivity index (χ2v) is 16.5. The number of rotatable bonds is 12. The van der Waals surface area contributed by atoms with Crippen LogP contribution in [0.3, 0.4) is 0 Å². The van der Waals surface area contributed by atoms with Gasteiger partial charge in [0, 0.05) is 72.8 Å². The van der Waals surface area contributed by atoms with E-state index in [0.29, 0.717) is 37.1 Å². The lowest BCUT2D eigenvalue weighted by Gasteiger charge is -2.38. The number of hydrogen-bond acceptors (Lipinski definition) is 14. The molecule has 20 nitrogen and oxygen atoms in total. The molecule has 0 N–H and O–H groups in total. The van der Waals surface area contributed by atoms with Crippen LogP contribution in [0, 0.1) is 11.8 Å². The van der Waals surface area contributed by atoms with Crippen molar-refractivity contribution in [1.82, 2.24) is 9.80 Å². The molecule has 62 heavy (non-hydrogen) atoms. The zero-order valence-corrected chi connectivity index (χ0v) is 36.4. The summed E-state index contributed by atoms with van der Waals surface area (Å²) in [5, 5.41) is 7.21. The van der Waals surface area contributed by atoms with Crippen molar-refractivity contribution in [3.63, 3.8) is 0 Å². The summed E-state index contributed by atoms with van der Waals surface area (Å²) in [6.07, 6.45) is -4.10. The Labute approximate surface area is 360 Å². The Morgan fingerprint density at radius 1 is 0.629 bits per heavy atom. The third-order valence-electron chi connectivity index (χ3n) is 9.19. The monoisotopic (exact) mass is 864 g/mol. The third kappa shape index (κ3) is 16.9. The van der Waals surface area contributed by atoms with Crippen molar-refractivity contribution in [3.8, 4) is 0 Å². The van der Waals surface area contributed by atoms with E-state index in [4.69, 9.17) is 39.5 Å². The topological polar surface area (TPSA) is 262 Å². The van der Waals surface area contributed by atoms with Crippen LogP contribution < -0.4 is 0 Å². The molecule has 2 aromatic carbocycles. The van der Waals surface area contributed by atoms with Crippen LogP contribution in [0.4, 0.5) is 9.59 Å². The quantitative estimate of drug-likeness (QED) is 0.0659. The lowest BCUT2D eigenvalue weighted by Crippen LogP contribution is -2.50. The minimum Gasteiger partial charge on any atom is -0.457 e. The van der Waals surface area contributed by atoms with Crippen molar-refractivity contribution in [2.45, 2.75) is 104 Å². The van der Waals surface area contributed by atoms with Gasteiger partial charge in [0.2, 0.25) is 12.2 Å². The molecule has 2 aliphatic heterocycles. The van der Waals surface area contributed by atoms with Crippen molar-refractivity contribution in [3.05, 3.63) is 92.7 Å². The van der Waals surface area contributed by atoms with Crippen molar-refractivity contribution in [2.75, 3.05) is 39.3 Å². The van der Waals surface area contributed by atoms with Gasteiger partial charge in [0.15, 0.2) is 0 Å². The van der Waals surface area contributed by atoms with Gasteiger partial charge in [-0.2, -0.15) is 0 Å². The standard InChI is InChI=1S/2C21H28N4O6/c2*1-14(26)29-18(15-8-6-5-7-9-15)19(27)30-17-13-25(20(28)31-21(2,3)4)11-10-16(17)12-23-24-22/h2*5-9,16-18H,10-13H2,1-4H3/t16-,17+,18+;16-,17+,18-/m01/s1. The summed E-state index contributed by atoms with van der Waals surface area (Å²) in [6.45, 7) is 14.1. The van der Waals surface area contributed by atoms with Crippen LogP contribution in [0.5, 0.6) is 0 Å². The number of azide groups is 2. The van der Waals surface area contributed by atoms with Gasteiger partial charge in [0.05, 0.1) is 13.1 Å². The predicted molar refractivity (Wildman–Crippen MR) is 222 cm³/mol. The average molecular weight is 865 g/mol. The molecule has 6 atom stereocenters. The van der Waals surface area contributed by atoms with E-state index in [-0.39, 0.29) is 38.0 Å². The SMILES string of the molecule is CC(=O)O[C@@H](C(=O)O[C@@H]1CN(C(=O)OC(C)(C)C)CC[C@H]1CN=[N+]=[N-])c1ccccc1.CC(=O)O[C@@H](C(=O)O[C@H]1CN(C(=O)OC(C)(C)C)CC[C@@H]1CN=[N+]=[N-])c1ccccc1. The molecular formula is C42H56N8O12. The van der Waals surface area contributed by atoms with Crippen molar-refractivity contribution < 1.29 is 57.2 Å². The molecule has 2 aliphatic rings. The number of carbonyl (C=O) groups is 6. The number of piperidine rings is 2. The highest BCUT2D eigenvalue weighted by Crippen LogP contribution is 2.29. The number of likely N-dealkylation sites (tertiary alicyclic amines) is 2. The van der Waals surface area contributed by atoms with Gasteiger partial charge in [-0.25, -0.2) is 19.2 Å². The summed E-state index contributed by atoms with van der Waals surface area (Å²) in [4.78, 5) is 82.4. The van der Waals surface area contributed by atoms with E-state index in [2.05, 4.69) is 20.1 Å². The maximum atomic E-state index is 12.9. The fourth-order valence-corrected chi connectivity index (χ4v) is 6.40. The van der Waals surface area contributed by atoms with E-state index in [0.717, 1.165) is 0 Å². The van der Waals surface area contributed by atoms with Gasteiger partial charge in [-0.15, -0.1) is 0 Å². The maximum absolute atomic E-state index is 12.9. The number of nitrogens with zero attached hydrogens (tertiary/aromatic N) is 8. The molecule has 0 aromatic heterocycles. The molecular weight excluding hydrogens is 809 g/mol. The van der Waals surface area contributed by atoms with Gasteiger partial charge >= 0.3 is 36.1 Å². The van der Waals surface area contributed by atoms with Gasteiger partial charge in [0.1, 0.15) is 23.4 Å². The number of benzene rings is 2. The molecule has 0 radical (unpaired) electrons. The minimum atomic E-state index is -1.24. The van der Waals surface area contributed by atoms with Crippen LogP contribution in [0.2, 0.25) is 0 Å². The Morgan fingerprint density at radius 2 is 0.968 bits per heavy atom. The number of esters is 4. The molecule has 2 fully saturated rings. The molecule has 336 valence electrons. The second kappa shape index (κ2) is 23.5. The van der Waals surface area contributed by atoms with Crippen LogP contribution in [0.1, 0.15) is 91.6 Å². The van der Waals surface area contributed by atoms with Crippen molar-refractivity contribution >= 4 is 36.1 Å². The molecule has 4 rings (SSSR count). The molecule has 2 heterocycles. The summed E-state index contributed by atoms with van der Waals surface area (Å²) in [5.41, 5.74) is 17.0. The summed E-state index contributed by atoms with van der Waals surface area (Å²) in [7, 11) is 0. The lowest BCUT2D eigenvalue weighted by molar-refractivity contribution is -0.175. The van der Waals surface area contributed by atoms with E-state index >= 15 is 0 Å². The minimum absolute atomic E-state index is 0.0772. The fourth-order valence-electron chi connectivity index (χ4n) is 6.40. The first-order valence-electron chi connectivity index (χ1n) is 20.0. The second-order valence-electron chi connectivity index (χ2n) is 16.5. The van der Waals surface area contributed by atoms with E-state index in [9.17, 15) is 28.8 Å². The van der Waals surface area contributed by atoms with Crippen LogP contribution in [-0.4, -0.2) is 109 Å². The van der Waals surface area contributed by atoms with Gasteiger partial charge in [-0.3, -0.25) is 9.59 Å². The summed E-state index contributed by atoms with van der Waals surface area (Å²) >= 11 is 0.